The average molecular weight is 388 g/mol. The molecule has 0 aliphatic carbocycles. The summed E-state index contributed by atoms with van der Waals surface area (Å²) in [6.45, 7) is 2.12. The van der Waals surface area contributed by atoms with E-state index in [2.05, 4.69) is 34.3 Å². The van der Waals surface area contributed by atoms with E-state index < -0.39 is 5.97 Å². The number of carboxylic acids is 1. The number of imidazole rings is 1. The first-order chi connectivity index (χ1) is 14.0. The number of nitrogens with zero attached hydrogens (tertiary/aromatic N) is 3. The summed E-state index contributed by atoms with van der Waals surface area (Å²) >= 11 is 0. The highest BCUT2D eigenvalue weighted by molar-refractivity contribution is 5.85. The number of ether oxygens (including phenoxy) is 1. The lowest BCUT2D eigenvalue weighted by atomic mass is 10.1. The second kappa shape index (κ2) is 7.63. The van der Waals surface area contributed by atoms with Gasteiger partial charge in [-0.15, -0.1) is 0 Å². The van der Waals surface area contributed by atoms with Crippen LogP contribution < -0.4 is 10.1 Å². The first-order valence-electron chi connectivity index (χ1n) is 9.23. The predicted octanol–water partition coefficient (Wildman–Crippen LogP) is 4.76. The van der Waals surface area contributed by atoms with Gasteiger partial charge in [0, 0.05) is 31.1 Å². The Hall–Kier alpha value is -3.87. The maximum atomic E-state index is 11.1. The number of hydrogen-bond donors (Lipinski definition) is 2. The van der Waals surface area contributed by atoms with Crippen LogP contribution in [0.4, 0.5) is 11.6 Å². The molecule has 0 bridgehead atoms. The van der Waals surface area contributed by atoms with Gasteiger partial charge in [-0.25, -0.2) is 14.8 Å². The normalized spacial score (nSPS) is 10.8. The molecule has 0 aliphatic heterocycles. The molecule has 0 amide bonds. The smallest absolute Gasteiger partial charge is 0.354 e. The molecular formula is C22H20N4O3. The van der Waals surface area contributed by atoms with Crippen molar-refractivity contribution in [2.75, 3.05) is 5.32 Å². The van der Waals surface area contributed by atoms with Gasteiger partial charge < -0.3 is 19.7 Å². The third-order valence-electron chi connectivity index (χ3n) is 4.63. The van der Waals surface area contributed by atoms with Crippen LogP contribution in [0.15, 0.2) is 60.8 Å². The van der Waals surface area contributed by atoms with E-state index in [1.807, 2.05) is 41.9 Å². The molecule has 0 spiro atoms. The Morgan fingerprint density at radius 3 is 2.76 bits per heavy atom. The Morgan fingerprint density at radius 2 is 1.97 bits per heavy atom. The third kappa shape index (κ3) is 3.89. The van der Waals surface area contributed by atoms with E-state index in [9.17, 15) is 4.79 Å². The van der Waals surface area contributed by atoms with Crippen molar-refractivity contribution in [1.82, 2.24) is 14.5 Å². The van der Waals surface area contributed by atoms with E-state index in [0.717, 1.165) is 29.1 Å². The molecule has 4 rings (SSSR count). The van der Waals surface area contributed by atoms with Crippen LogP contribution in [0.3, 0.4) is 0 Å². The van der Waals surface area contributed by atoms with Gasteiger partial charge in [0.25, 0.3) is 0 Å². The quantitative estimate of drug-likeness (QED) is 0.495. The van der Waals surface area contributed by atoms with Gasteiger partial charge in [-0.1, -0.05) is 19.1 Å². The van der Waals surface area contributed by atoms with E-state index in [-0.39, 0.29) is 5.69 Å². The molecule has 2 N–H and O–H groups in total. The zero-order chi connectivity index (χ0) is 20.4. The van der Waals surface area contributed by atoms with Crippen molar-refractivity contribution < 1.29 is 14.6 Å². The number of carbonyl (C=O) groups is 1. The maximum absolute atomic E-state index is 11.1. The van der Waals surface area contributed by atoms with E-state index in [4.69, 9.17) is 9.84 Å². The summed E-state index contributed by atoms with van der Waals surface area (Å²) in [5.41, 5.74) is 3.89. The molecule has 2 aromatic carbocycles. The van der Waals surface area contributed by atoms with Crippen molar-refractivity contribution in [2.24, 2.45) is 7.05 Å². The standard InChI is InChI=1S/C22H20N4O3/c1-3-14-5-4-6-15(11-14)24-22-25-18-12-16(7-8-20(18)26(22)2)29-17-9-10-23-19(13-17)21(27)28/h4-13H,3H2,1-2H3,(H,24,25)(H,27,28). The SMILES string of the molecule is CCc1cccc(Nc2nc3cc(Oc4ccnc(C(=O)O)c4)ccc3n2C)c1. The number of nitrogens with one attached hydrogen (secondary N) is 1. The van der Waals surface area contributed by atoms with Gasteiger partial charge in [-0.05, 0) is 42.3 Å². The van der Waals surface area contributed by atoms with Crippen molar-refractivity contribution >= 4 is 28.6 Å². The minimum atomic E-state index is -1.10. The zero-order valence-electron chi connectivity index (χ0n) is 16.1. The molecule has 146 valence electrons. The highest BCUT2D eigenvalue weighted by atomic mass is 16.5. The van der Waals surface area contributed by atoms with Crippen LogP contribution in [-0.4, -0.2) is 25.6 Å². The fourth-order valence-corrected chi connectivity index (χ4v) is 3.08. The molecular weight excluding hydrogens is 368 g/mol. The molecule has 2 heterocycles. The molecule has 29 heavy (non-hydrogen) atoms. The number of aryl methyl sites for hydroxylation is 2. The monoisotopic (exact) mass is 388 g/mol. The van der Waals surface area contributed by atoms with Gasteiger partial charge in [0.15, 0.2) is 5.69 Å². The molecule has 0 radical (unpaired) electrons. The topological polar surface area (TPSA) is 89.3 Å². The van der Waals surface area contributed by atoms with Crippen LogP contribution in [0, 0.1) is 0 Å². The van der Waals surface area contributed by atoms with E-state index in [1.165, 1.54) is 17.8 Å². The fraction of sp³-hybridized carbons (Fsp3) is 0.136. The Bertz CT molecular complexity index is 1200. The van der Waals surface area contributed by atoms with Gasteiger partial charge in [-0.3, -0.25) is 0 Å². The summed E-state index contributed by atoms with van der Waals surface area (Å²) in [6, 6.07) is 16.8. The Kier molecular flexibility index (Phi) is 4.87. The lowest BCUT2D eigenvalue weighted by Gasteiger charge is -2.07. The van der Waals surface area contributed by atoms with Crippen LogP contribution in [0.1, 0.15) is 23.0 Å². The zero-order valence-corrected chi connectivity index (χ0v) is 16.1. The van der Waals surface area contributed by atoms with Crippen molar-refractivity contribution in [1.29, 1.82) is 0 Å². The largest absolute Gasteiger partial charge is 0.477 e. The number of benzene rings is 2. The maximum Gasteiger partial charge on any atom is 0.354 e. The average Bonchev–Trinajstić information content (AvgIpc) is 3.03. The highest BCUT2D eigenvalue weighted by Gasteiger charge is 2.11. The molecule has 0 saturated heterocycles. The lowest BCUT2D eigenvalue weighted by molar-refractivity contribution is 0.0690. The molecule has 0 unspecified atom stereocenters. The molecule has 0 atom stereocenters. The Labute approximate surface area is 167 Å². The summed E-state index contributed by atoms with van der Waals surface area (Å²) < 4.78 is 7.78. The van der Waals surface area contributed by atoms with Crippen molar-refractivity contribution in [3.05, 3.63) is 72.1 Å². The highest BCUT2D eigenvalue weighted by Crippen LogP contribution is 2.28. The number of rotatable bonds is 6. The second-order valence-electron chi connectivity index (χ2n) is 6.61. The lowest BCUT2D eigenvalue weighted by Crippen LogP contribution is -1.99. The van der Waals surface area contributed by atoms with Crippen LogP contribution in [0.5, 0.6) is 11.5 Å². The Balaban J connectivity index is 1.61. The summed E-state index contributed by atoms with van der Waals surface area (Å²) in [6.07, 6.45) is 2.38. The fourth-order valence-electron chi connectivity index (χ4n) is 3.08. The number of carboxylic acid groups (broad SMARTS) is 1. The molecule has 7 heteroatoms. The third-order valence-corrected chi connectivity index (χ3v) is 4.63. The first kappa shape index (κ1) is 18.5. The number of anilines is 2. The molecule has 0 aliphatic rings. The molecule has 2 aromatic heterocycles. The van der Waals surface area contributed by atoms with Gasteiger partial charge in [0.1, 0.15) is 11.5 Å². The second-order valence-corrected chi connectivity index (χ2v) is 6.61. The van der Waals surface area contributed by atoms with Gasteiger partial charge in [0.2, 0.25) is 5.95 Å². The van der Waals surface area contributed by atoms with Gasteiger partial charge >= 0.3 is 5.97 Å². The number of aromatic nitrogens is 3. The van der Waals surface area contributed by atoms with Crippen molar-refractivity contribution in [2.45, 2.75) is 13.3 Å². The van der Waals surface area contributed by atoms with Crippen molar-refractivity contribution in [3.8, 4) is 11.5 Å². The summed E-state index contributed by atoms with van der Waals surface area (Å²) in [5, 5.41) is 12.4. The predicted molar refractivity (Wildman–Crippen MR) is 111 cm³/mol. The van der Waals surface area contributed by atoms with E-state index >= 15 is 0 Å². The summed E-state index contributed by atoms with van der Waals surface area (Å²) in [5.74, 6) is 0.598. The molecule has 0 fully saturated rings. The number of fused-ring (bicyclic) bond motifs is 1. The number of hydrogen-bond acceptors (Lipinski definition) is 5. The Morgan fingerprint density at radius 1 is 1.14 bits per heavy atom. The molecule has 7 nitrogen and oxygen atoms in total. The summed E-state index contributed by atoms with van der Waals surface area (Å²) in [4.78, 5) is 19.5. The van der Waals surface area contributed by atoms with Crippen LogP contribution in [-0.2, 0) is 13.5 Å². The van der Waals surface area contributed by atoms with Crippen LogP contribution in [0.2, 0.25) is 0 Å². The minimum absolute atomic E-state index is 0.0674. The van der Waals surface area contributed by atoms with E-state index in [1.54, 1.807) is 6.07 Å². The minimum Gasteiger partial charge on any atom is -0.477 e. The van der Waals surface area contributed by atoms with Gasteiger partial charge in [0.05, 0.1) is 11.0 Å². The molecule has 4 aromatic rings. The number of pyridine rings is 1. The first-order valence-corrected chi connectivity index (χ1v) is 9.23. The van der Waals surface area contributed by atoms with Gasteiger partial charge in [-0.2, -0.15) is 0 Å². The summed E-state index contributed by atoms with van der Waals surface area (Å²) in [7, 11) is 1.95. The van der Waals surface area contributed by atoms with Crippen LogP contribution >= 0.6 is 0 Å². The molecule has 0 saturated carbocycles. The van der Waals surface area contributed by atoms with E-state index in [0.29, 0.717) is 11.5 Å². The number of aromatic carboxylic acids is 1. The van der Waals surface area contributed by atoms with Crippen LogP contribution in [0.25, 0.3) is 11.0 Å². The van der Waals surface area contributed by atoms with Crippen molar-refractivity contribution in [3.63, 3.8) is 0 Å².